The van der Waals surface area contributed by atoms with Crippen molar-refractivity contribution in [1.29, 1.82) is 0 Å². The molecule has 1 aromatic heterocycles. The maximum Gasteiger partial charge on any atom is 0.186 e. The minimum Gasteiger partial charge on any atom is -0.365 e. The Morgan fingerprint density at radius 2 is 2.24 bits per heavy atom. The van der Waals surface area contributed by atoms with E-state index in [0.29, 0.717) is 12.6 Å². The van der Waals surface area contributed by atoms with Crippen molar-refractivity contribution in [2.24, 2.45) is 0 Å². The van der Waals surface area contributed by atoms with Gasteiger partial charge in [0.2, 0.25) is 0 Å². The van der Waals surface area contributed by atoms with Gasteiger partial charge in [0.15, 0.2) is 5.43 Å². The summed E-state index contributed by atoms with van der Waals surface area (Å²) in [6.07, 6.45) is 2.93. The lowest BCUT2D eigenvalue weighted by Crippen LogP contribution is -2.37. The number of nitrogens with one attached hydrogen (secondary N) is 3. The monoisotopic (exact) mass is 237 g/mol. The van der Waals surface area contributed by atoms with E-state index < -0.39 is 0 Å². The summed E-state index contributed by atoms with van der Waals surface area (Å²) in [4.78, 5) is 14.7. The quantitative estimate of drug-likeness (QED) is 0.624. The third kappa shape index (κ3) is 5.15. The lowest BCUT2D eigenvalue weighted by atomic mass is 10.2. The zero-order valence-corrected chi connectivity index (χ0v) is 11.0. The fourth-order valence-electron chi connectivity index (χ4n) is 1.59. The van der Waals surface area contributed by atoms with E-state index in [1.807, 2.05) is 6.92 Å². The van der Waals surface area contributed by atoms with Gasteiger partial charge < -0.3 is 15.6 Å². The van der Waals surface area contributed by atoms with Gasteiger partial charge >= 0.3 is 0 Å². The minimum absolute atomic E-state index is 0.0995. The van der Waals surface area contributed by atoms with Crippen molar-refractivity contribution in [3.05, 3.63) is 33.7 Å². The molecule has 1 heterocycles. The summed E-state index contributed by atoms with van der Waals surface area (Å²) in [5.41, 5.74) is 1.79. The van der Waals surface area contributed by atoms with Gasteiger partial charge in [-0.15, -0.1) is 0 Å². The molecule has 0 aliphatic rings. The summed E-state index contributed by atoms with van der Waals surface area (Å²) in [5.74, 6) is 0. The fourth-order valence-corrected chi connectivity index (χ4v) is 1.59. The highest BCUT2D eigenvalue weighted by Crippen LogP contribution is 1.92. The molecule has 0 fully saturated rings. The first-order valence-corrected chi connectivity index (χ1v) is 6.25. The predicted octanol–water partition coefficient (Wildman–Crippen LogP) is 1.16. The molecule has 0 bridgehead atoms. The van der Waals surface area contributed by atoms with Crippen molar-refractivity contribution in [3.8, 4) is 0 Å². The molecule has 0 saturated carbocycles. The maximum atomic E-state index is 11.6. The van der Waals surface area contributed by atoms with Crippen molar-refractivity contribution in [1.82, 2.24) is 15.6 Å². The molecule has 0 radical (unpaired) electrons. The molecule has 0 aromatic carbocycles. The smallest absolute Gasteiger partial charge is 0.186 e. The number of pyridine rings is 1. The van der Waals surface area contributed by atoms with Crippen LogP contribution in [-0.2, 0) is 6.54 Å². The lowest BCUT2D eigenvalue weighted by Gasteiger charge is -2.14. The second-order valence-corrected chi connectivity index (χ2v) is 4.49. The molecular weight excluding hydrogens is 214 g/mol. The number of aromatic amines is 1. The molecule has 0 saturated heterocycles. The normalized spacial score (nSPS) is 12.6. The summed E-state index contributed by atoms with van der Waals surface area (Å²) in [6.45, 7) is 8.73. The number of aromatic nitrogens is 1. The Balaban J connectivity index is 2.37. The largest absolute Gasteiger partial charge is 0.365 e. The van der Waals surface area contributed by atoms with Gasteiger partial charge in [-0.2, -0.15) is 0 Å². The molecule has 1 rings (SSSR count). The summed E-state index contributed by atoms with van der Waals surface area (Å²) in [6, 6.07) is 2.00. The molecule has 96 valence electrons. The van der Waals surface area contributed by atoms with E-state index in [-0.39, 0.29) is 5.43 Å². The van der Waals surface area contributed by atoms with Crippen LogP contribution in [0.1, 0.15) is 31.5 Å². The Morgan fingerprint density at radius 1 is 1.47 bits per heavy atom. The lowest BCUT2D eigenvalue weighted by molar-refractivity contribution is 0.500. The molecule has 1 aromatic rings. The molecule has 0 aliphatic carbocycles. The molecule has 1 atom stereocenters. The number of rotatable bonds is 7. The van der Waals surface area contributed by atoms with Gasteiger partial charge in [0.25, 0.3) is 0 Å². The van der Waals surface area contributed by atoms with E-state index in [4.69, 9.17) is 0 Å². The summed E-state index contributed by atoms with van der Waals surface area (Å²) < 4.78 is 0. The molecule has 4 nitrogen and oxygen atoms in total. The van der Waals surface area contributed by atoms with Gasteiger partial charge in [0, 0.05) is 42.7 Å². The second kappa shape index (κ2) is 7.25. The molecule has 0 aliphatic heterocycles. The van der Waals surface area contributed by atoms with E-state index in [1.165, 1.54) is 0 Å². The third-order valence-corrected chi connectivity index (χ3v) is 2.66. The van der Waals surface area contributed by atoms with Gasteiger partial charge in [0.05, 0.1) is 0 Å². The second-order valence-electron chi connectivity index (χ2n) is 4.49. The first-order valence-electron chi connectivity index (χ1n) is 6.25. The van der Waals surface area contributed by atoms with Gasteiger partial charge in [-0.3, -0.25) is 4.79 Å². The van der Waals surface area contributed by atoms with Crippen molar-refractivity contribution >= 4 is 0 Å². The summed E-state index contributed by atoms with van der Waals surface area (Å²) >= 11 is 0. The highest BCUT2D eigenvalue weighted by atomic mass is 16.1. The van der Waals surface area contributed by atoms with E-state index in [0.717, 1.165) is 30.8 Å². The van der Waals surface area contributed by atoms with Gasteiger partial charge in [-0.05, 0) is 26.8 Å². The van der Waals surface area contributed by atoms with Crippen LogP contribution in [0, 0.1) is 6.92 Å². The van der Waals surface area contributed by atoms with Gasteiger partial charge in [-0.1, -0.05) is 6.92 Å². The topological polar surface area (TPSA) is 56.9 Å². The zero-order chi connectivity index (χ0) is 12.7. The Bertz CT molecular complexity index is 386. The van der Waals surface area contributed by atoms with Crippen LogP contribution < -0.4 is 16.1 Å². The molecule has 4 heteroatoms. The standard InChI is InChI=1S/C13H23N3O/c1-4-5-14-7-11(3)16-9-12-8-15-10(2)6-13(12)17/h6,8,11,14,16H,4-5,7,9H2,1-3H3,(H,15,17). The first kappa shape index (κ1) is 13.9. The van der Waals surface area contributed by atoms with Crippen LogP contribution in [0.4, 0.5) is 0 Å². The van der Waals surface area contributed by atoms with Crippen molar-refractivity contribution in [2.45, 2.75) is 39.8 Å². The number of hydrogen-bond acceptors (Lipinski definition) is 3. The molecule has 0 spiro atoms. The minimum atomic E-state index is 0.0995. The number of H-pyrrole nitrogens is 1. The van der Waals surface area contributed by atoms with E-state index in [9.17, 15) is 4.79 Å². The van der Waals surface area contributed by atoms with Gasteiger partial charge in [-0.25, -0.2) is 0 Å². The van der Waals surface area contributed by atoms with E-state index >= 15 is 0 Å². The molecule has 0 amide bonds. The Morgan fingerprint density at radius 3 is 2.88 bits per heavy atom. The first-order chi connectivity index (χ1) is 8.13. The van der Waals surface area contributed by atoms with Crippen molar-refractivity contribution in [3.63, 3.8) is 0 Å². The van der Waals surface area contributed by atoms with E-state index in [1.54, 1.807) is 12.3 Å². The summed E-state index contributed by atoms with van der Waals surface area (Å²) in [5, 5.41) is 6.68. The predicted molar refractivity (Wildman–Crippen MR) is 71.3 cm³/mol. The zero-order valence-electron chi connectivity index (χ0n) is 11.0. The Hall–Kier alpha value is -1.13. The maximum absolute atomic E-state index is 11.6. The molecule has 17 heavy (non-hydrogen) atoms. The SMILES string of the molecule is CCCNCC(C)NCc1c[nH]c(C)cc1=O. The number of hydrogen-bond donors (Lipinski definition) is 3. The van der Waals surface area contributed by atoms with Crippen LogP contribution >= 0.6 is 0 Å². The molecular formula is C13H23N3O. The highest BCUT2D eigenvalue weighted by Gasteiger charge is 2.03. The average Bonchev–Trinajstić information content (AvgIpc) is 2.28. The number of aryl methyl sites for hydroxylation is 1. The Labute approximate surface area is 103 Å². The van der Waals surface area contributed by atoms with Crippen LogP contribution in [-0.4, -0.2) is 24.1 Å². The summed E-state index contributed by atoms with van der Waals surface area (Å²) in [7, 11) is 0. The van der Waals surface area contributed by atoms with Crippen molar-refractivity contribution in [2.75, 3.05) is 13.1 Å². The highest BCUT2D eigenvalue weighted by molar-refractivity contribution is 5.13. The average molecular weight is 237 g/mol. The van der Waals surface area contributed by atoms with Crippen LogP contribution in [0.15, 0.2) is 17.1 Å². The van der Waals surface area contributed by atoms with Crippen LogP contribution in [0.5, 0.6) is 0 Å². The fraction of sp³-hybridized carbons (Fsp3) is 0.615. The molecule has 3 N–H and O–H groups in total. The third-order valence-electron chi connectivity index (χ3n) is 2.66. The van der Waals surface area contributed by atoms with E-state index in [2.05, 4.69) is 29.5 Å². The van der Waals surface area contributed by atoms with Crippen LogP contribution in [0.2, 0.25) is 0 Å². The van der Waals surface area contributed by atoms with Crippen LogP contribution in [0.25, 0.3) is 0 Å². The Kier molecular flexibility index (Phi) is 5.94. The van der Waals surface area contributed by atoms with Gasteiger partial charge in [0.1, 0.15) is 0 Å². The van der Waals surface area contributed by atoms with Crippen molar-refractivity contribution < 1.29 is 0 Å². The van der Waals surface area contributed by atoms with Crippen LogP contribution in [0.3, 0.4) is 0 Å². The molecule has 1 unspecified atom stereocenters.